The fraction of sp³-hybridized carbons (Fsp3) is 0.933. The molecule has 0 aromatic carbocycles. The van der Waals surface area contributed by atoms with Gasteiger partial charge in [-0.2, -0.15) is 5.26 Å². The van der Waals surface area contributed by atoms with Crippen LogP contribution in [0, 0.1) is 11.3 Å². The fourth-order valence-electron chi connectivity index (χ4n) is 2.82. The van der Waals surface area contributed by atoms with E-state index in [-0.39, 0.29) is 5.54 Å². The van der Waals surface area contributed by atoms with Crippen LogP contribution >= 0.6 is 0 Å². The molecule has 0 bridgehead atoms. The minimum absolute atomic E-state index is 0.320. The van der Waals surface area contributed by atoms with Gasteiger partial charge in [0.25, 0.3) is 0 Å². The van der Waals surface area contributed by atoms with E-state index in [1.807, 2.05) is 0 Å². The first kappa shape index (κ1) is 14.8. The molecule has 0 radical (unpaired) electrons. The molecule has 19 heavy (non-hydrogen) atoms. The summed E-state index contributed by atoms with van der Waals surface area (Å²) in [6, 6.07) is 3.72. The topological polar surface area (TPSA) is 42.3 Å². The quantitative estimate of drug-likeness (QED) is 0.788. The first-order valence-electron chi connectivity index (χ1n) is 7.64. The highest BCUT2D eigenvalue weighted by Crippen LogP contribution is 2.24. The number of nitriles is 1. The summed E-state index contributed by atoms with van der Waals surface area (Å²) >= 11 is 0. The Labute approximate surface area is 117 Å². The number of piperazine rings is 1. The highest BCUT2D eigenvalue weighted by atomic mass is 15.3. The number of rotatable bonds is 6. The molecule has 4 nitrogen and oxygen atoms in total. The van der Waals surface area contributed by atoms with Crippen molar-refractivity contribution in [3.8, 4) is 6.07 Å². The van der Waals surface area contributed by atoms with Crippen molar-refractivity contribution in [2.45, 2.75) is 57.2 Å². The third-order valence-electron chi connectivity index (χ3n) is 4.54. The zero-order valence-electron chi connectivity index (χ0n) is 12.7. The number of nitrogens with one attached hydrogen (secondary N) is 1. The van der Waals surface area contributed by atoms with Crippen LogP contribution in [0.1, 0.15) is 39.5 Å². The minimum Gasteiger partial charge on any atom is -0.301 e. The van der Waals surface area contributed by atoms with Crippen molar-refractivity contribution >= 4 is 0 Å². The Morgan fingerprint density at radius 3 is 2.68 bits per heavy atom. The first-order chi connectivity index (χ1) is 9.02. The number of hydrogen-bond donors (Lipinski definition) is 1. The van der Waals surface area contributed by atoms with E-state index in [9.17, 15) is 5.26 Å². The Kier molecular flexibility index (Phi) is 4.83. The van der Waals surface area contributed by atoms with Gasteiger partial charge in [-0.05, 0) is 53.1 Å². The molecular formula is C15H28N4. The van der Waals surface area contributed by atoms with Crippen molar-refractivity contribution in [1.29, 1.82) is 5.26 Å². The number of likely N-dealkylation sites (N-methyl/N-ethyl adjacent to an activating group) is 1. The van der Waals surface area contributed by atoms with Gasteiger partial charge in [-0.3, -0.25) is 5.32 Å². The van der Waals surface area contributed by atoms with Gasteiger partial charge in [0, 0.05) is 31.7 Å². The lowest BCUT2D eigenvalue weighted by atomic mass is 9.97. The van der Waals surface area contributed by atoms with E-state index in [0.717, 1.165) is 32.5 Å². The summed E-state index contributed by atoms with van der Waals surface area (Å²) in [7, 11) is 2.20. The molecule has 0 amide bonds. The van der Waals surface area contributed by atoms with Crippen LogP contribution in [0.15, 0.2) is 0 Å². The first-order valence-corrected chi connectivity index (χ1v) is 7.64. The number of nitrogens with zero attached hydrogens (tertiary/aromatic N) is 3. The second-order valence-corrected chi connectivity index (χ2v) is 6.60. The van der Waals surface area contributed by atoms with Gasteiger partial charge in [0.2, 0.25) is 0 Å². The summed E-state index contributed by atoms with van der Waals surface area (Å²) in [5.74, 6) is 0. The van der Waals surface area contributed by atoms with Gasteiger partial charge in [-0.1, -0.05) is 0 Å². The lowest BCUT2D eigenvalue weighted by molar-refractivity contribution is 0.102. The lowest BCUT2D eigenvalue weighted by Crippen LogP contribution is -2.50. The van der Waals surface area contributed by atoms with Gasteiger partial charge < -0.3 is 9.80 Å². The molecule has 2 rings (SSSR count). The maximum absolute atomic E-state index is 9.34. The average molecular weight is 264 g/mol. The Hall–Kier alpha value is -0.630. The summed E-state index contributed by atoms with van der Waals surface area (Å²) in [5.41, 5.74) is -0.320. The summed E-state index contributed by atoms with van der Waals surface area (Å²) in [6.45, 7) is 8.97. The molecule has 1 aliphatic carbocycles. The van der Waals surface area contributed by atoms with E-state index in [1.165, 1.54) is 19.4 Å². The Bertz CT molecular complexity index is 334. The monoisotopic (exact) mass is 264 g/mol. The molecule has 1 heterocycles. The van der Waals surface area contributed by atoms with E-state index in [1.54, 1.807) is 0 Å². The van der Waals surface area contributed by atoms with Gasteiger partial charge in [-0.15, -0.1) is 0 Å². The van der Waals surface area contributed by atoms with Crippen molar-refractivity contribution < 1.29 is 0 Å². The minimum atomic E-state index is -0.320. The van der Waals surface area contributed by atoms with E-state index in [4.69, 9.17) is 0 Å². The lowest BCUT2D eigenvalue weighted by Gasteiger charge is -2.38. The molecule has 1 aliphatic heterocycles. The predicted octanol–water partition coefficient (Wildman–Crippen LogP) is 1.44. The summed E-state index contributed by atoms with van der Waals surface area (Å²) < 4.78 is 0. The zero-order valence-corrected chi connectivity index (χ0v) is 12.7. The molecule has 1 saturated heterocycles. The van der Waals surface area contributed by atoms with Gasteiger partial charge in [0.1, 0.15) is 5.54 Å². The molecule has 1 N–H and O–H groups in total. The second kappa shape index (κ2) is 6.21. The Morgan fingerprint density at radius 1 is 1.37 bits per heavy atom. The molecule has 0 spiro atoms. The normalized spacial score (nSPS) is 28.8. The smallest absolute Gasteiger partial charge is 0.104 e. The van der Waals surface area contributed by atoms with Crippen molar-refractivity contribution in [2.75, 3.05) is 33.2 Å². The second-order valence-electron chi connectivity index (χ2n) is 6.60. The van der Waals surface area contributed by atoms with Gasteiger partial charge in [0.05, 0.1) is 6.07 Å². The molecule has 2 unspecified atom stereocenters. The van der Waals surface area contributed by atoms with Crippen LogP contribution in [-0.4, -0.2) is 60.6 Å². The summed E-state index contributed by atoms with van der Waals surface area (Å²) in [4.78, 5) is 4.96. The van der Waals surface area contributed by atoms with Crippen LogP contribution in [-0.2, 0) is 0 Å². The standard InChI is InChI=1S/C15H28N4/c1-13-11-19(10-9-18(13)3)8-4-7-15(2,12-16)17-14-5-6-14/h13-14,17H,4-11H2,1-3H3. The van der Waals surface area contributed by atoms with Gasteiger partial charge in [-0.25, -0.2) is 0 Å². The van der Waals surface area contributed by atoms with Crippen molar-refractivity contribution in [3.63, 3.8) is 0 Å². The van der Waals surface area contributed by atoms with Crippen LogP contribution in [0.3, 0.4) is 0 Å². The third kappa shape index (κ3) is 4.45. The van der Waals surface area contributed by atoms with Crippen molar-refractivity contribution in [3.05, 3.63) is 0 Å². The largest absolute Gasteiger partial charge is 0.301 e. The van der Waals surface area contributed by atoms with Crippen molar-refractivity contribution in [1.82, 2.24) is 15.1 Å². The van der Waals surface area contributed by atoms with E-state index < -0.39 is 0 Å². The van der Waals surface area contributed by atoms with Crippen LogP contribution in [0.4, 0.5) is 0 Å². The highest BCUT2D eigenvalue weighted by molar-refractivity contribution is 5.07. The van der Waals surface area contributed by atoms with Crippen molar-refractivity contribution in [2.24, 2.45) is 0 Å². The number of hydrogen-bond acceptors (Lipinski definition) is 4. The van der Waals surface area contributed by atoms with Crippen LogP contribution in [0.25, 0.3) is 0 Å². The van der Waals surface area contributed by atoms with Gasteiger partial charge >= 0.3 is 0 Å². The molecule has 2 atom stereocenters. The predicted molar refractivity (Wildman–Crippen MR) is 77.9 cm³/mol. The SMILES string of the molecule is CC1CN(CCCC(C)(C#N)NC2CC2)CCN1C. The fourth-order valence-corrected chi connectivity index (χ4v) is 2.82. The molecular weight excluding hydrogens is 236 g/mol. The van der Waals surface area contributed by atoms with Crippen LogP contribution in [0.2, 0.25) is 0 Å². The Morgan fingerprint density at radius 2 is 2.11 bits per heavy atom. The summed E-state index contributed by atoms with van der Waals surface area (Å²) in [5, 5.41) is 12.8. The van der Waals surface area contributed by atoms with Crippen LogP contribution in [0.5, 0.6) is 0 Å². The highest BCUT2D eigenvalue weighted by Gasteiger charge is 2.32. The van der Waals surface area contributed by atoms with Crippen LogP contribution < -0.4 is 5.32 Å². The zero-order chi connectivity index (χ0) is 13.9. The van der Waals surface area contributed by atoms with E-state index in [2.05, 4.69) is 42.1 Å². The molecule has 0 aromatic rings. The molecule has 2 aliphatic rings. The van der Waals surface area contributed by atoms with Gasteiger partial charge in [0.15, 0.2) is 0 Å². The van der Waals surface area contributed by atoms with E-state index in [0.29, 0.717) is 12.1 Å². The molecule has 108 valence electrons. The molecule has 2 fully saturated rings. The average Bonchev–Trinajstić information content (AvgIpc) is 3.17. The Balaban J connectivity index is 1.69. The molecule has 4 heteroatoms. The van der Waals surface area contributed by atoms with E-state index >= 15 is 0 Å². The summed E-state index contributed by atoms with van der Waals surface area (Å²) in [6.07, 6.45) is 4.56. The maximum atomic E-state index is 9.34. The maximum Gasteiger partial charge on any atom is 0.104 e. The molecule has 1 saturated carbocycles. The molecule has 0 aromatic heterocycles. The third-order valence-corrected chi connectivity index (χ3v) is 4.54.